The van der Waals surface area contributed by atoms with Crippen LogP contribution in [0.2, 0.25) is 0 Å². The molecule has 1 N–H and O–H groups in total. The van der Waals surface area contributed by atoms with Crippen LogP contribution in [0.4, 0.5) is 8.78 Å². The molecule has 2 rings (SSSR count). The number of benzene rings is 2. The van der Waals surface area contributed by atoms with Crippen molar-refractivity contribution in [3.63, 3.8) is 0 Å². The molecule has 20 heavy (non-hydrogen) atoms. The van der Waals surface area contributed by atoms with Gasteiger partial charge < -0.3 is 5.32 Å². The van der Waals surface area contributed by atoms with E-state index in [0.29, 0.717) is 6.54 Å². The Morgan fingerprint density at radius 2 is 2.00 bits per heavy atom. The second kappa shape index (κ2) is 6.27. The third-order valence-electron chi connectivity index (χ3n) is 3.11. The molecule has 0 amide bonds. The van der Waals surface area contributed by atoms with Gasteiger partial charge in [0.05, 0.1) is 5.56 Å². The summed E-state index contributed by atoms with van der Waals surface area (Å²) in [6, 6.07) is 12.6. The summed E-state index contributed by atoms with van der Waals surface area (Å²) in [5.41, 5.74) is 1.68. The maximum Gasteiger partial charge on any atom is 0.140 e. The molecule has 0 saturated heterocycles. The molecule has 0 fully saturated rings. The zero-order valence-corrected chi connectivity index (χ0v) is 11.0. The molecule has 2 nitrogen and oxygen atoms in total. The molecule has 0 heterocycles. The van der Waals surface area contributed by atoms with Gasteiger partial charge in [0.25, 0.3) is 0 Å². The van der Waals surface area contributed by atoms with Gasteiger partial charge >= 0.3 is 0 Å². The maximum atomic E-state index is 13.2. The molecule has 0 aliphatic heterocycles. The molecule has 0 unspecified atom stereocenters. The van der Waals surface area contributed by atoms with Crippen molar-refractivity contribution in [3.05, 3.63) is 70.8 Å². The topological polar surface area (TPSA) is 35.8 Å². The van der Waals surface area contributed by atoms with E-state index in [1.165, 1.54) is 24.3 Å². The Morgan fingerprint density at radius 3 is 2.70 bits per heavy atom. The average Bonchev–Trinajstić information content (AvgIpc) is 2.46. The summed E-state index contributed by atoms with van der Waals surface area (Å²) in [4.78, 5) is 0. The summed E-state index contributed by atoms with van der Waals surface area (Å²) in [7, 11) is 0. The van der Waals surface area contributed by atoms with Crippen molar-refractivity contribution in [2.75, 3.05) is 0 Å². The quantitative estimate of drug-likeness (QED) is 0.921. The van der Waals surface area contributed by atoms with Gasteiger partial charge in [0.2, 0.25) is 0 Å². The fraction of sp³-hybridized carbons (Fsp3) is 0.188. The van der Waals surface area contributed by atoms with Crippen LogP contribution < -0.4 is 5.32 Å². The number of halogens is 2. The first-order chi connectivity index (χ1) is 9.60. The highest BCUT2D eigenvalue weighted by Gasteiger charge is 2.07. The third-order valence-corrected chi connectivity index (χ3v) is 3.11. The molecule has 0 bridgehead atoms. The monoisotopic (exact) mass is 272 g/mol. The van der Waals surface area contributed by atoms with Crippen LogP contribution >= 0.6 is 0 Å². The van der Waals surface area contributed by atoms with Gasteiger partial charge in [0, 0.05) is 12.6 Å². The van der Waals surface area contributed by atoms with Gasteiger partial charge in [-0.25, -0.2) is 8.78 Å². The summed E-state index contributed by atoms with van der Waals surface area (Å²) in [6.45, 7) is 2.40. The SMILES string of the molecule is C[C@H](NCc1ccc(F)c(C#N)c1)c1cccc(F)c1. The highest BCUT2D eigenvalue weighted by atomic mass is 19.1. The van der Waals surface area contributed by atoms with E-state index < -0.39 is 5.82 Å². The van der Waals surface area contributed by atoms with Crippen molar-refractivity contribution in [2.45, 2.75) is 19.5 Å². The fourth-order valence-corrected chi connectivity index (χ4v) is 1.93. The van der Waals surface area contributed by atoms with E-state index in [-0.39, 0.29) is 17.4 Å². The first-order valence-corrected chi connectivity index (χ1v) is 6.27. The van der Waals surface area contributed by atoms with E-state index >= 15 is 0 Å². The molecule has 4 heteroatoms. The lowest BCUT2D eigenvalue weighted by Gasteiger charge is -2.14. The highest BCUT2D eigenvalue weighted by Crippen LogP contribution is 2.15. The van der Waals surface area contributed by atoms with Crippen LogP contribution in [0, 0.1) is 23.0 Å². The maximum absolute atomic E-state index is 13.2. The lowest BCUT2D eigenvalue weighted by atomic mass is 10.1. The molecule has 0 aliphatic rings. The Bertz CT molecular complexity index is 647. The molecule has 0 radical (unpaired) electrons. The number of nitriles is 1. The second-order valence-corrected chi connectivity index (χ2v) is 4.58. The van der Waals surface area contributed by atoms with Crippen LogP contribution in [0.15, 0.2) is 42.5 Å². The average molecular weight is 272 g/mol. The Kier molecular flexibility index (Phi) is 4.44. The smallest absolute Gasteiger partial charge is 0.140 e. The van der Waals surface area contributed by atoms with Crippen LogP contribution in [0.3, 0.4) is 0 Å². The molecular weight excluding hydrogens is 258 g/mol. The summed E-state index contributed by atoms with van der Waals surface area (Å²) in [5, 5.41) is 12.0. The Hall–Kier alpha value is -2.25. The number of nitrogens with zero attached hydrogens (tertiary/aromatic N) is 1. The van der Waals surface area contributed by atoms with Crippen LogP contribution in [-0.2, 0) is 6.54 Å². The van der Waals surface area contributed by atoms with Crippen molar-refractivity contribution in [3.8, 4) is 6.07 Å². The predicted molar refractivity (Wildman–Crippen MR) is 72.8 cm³/mol. The van der Waals surface area contributed by atoms with Gasteiger partial charge in [0.1, 0.15) is 17.7 Å². The van der Waals surface area contributed by atoms with Crippen molar-refractivity contribution in [1.29, 1.82) is 5.26 Å². The van der Waals surface area contributed by atoms with Gasteiger partial charge in [-0.1, -0.05) is 18.2 Å². The number of nitrogens with one attached hydrogen (secondary N) is 1. The van der Waals surface area contributed by atoms with Crippen LogP contribution in [0.25, 0.3) is 0 Å². The van der Waals surface area contributed by atoms with Crippen molar-refractivity contribution >= 4 is 0 Å². The first kappa shape index (κ1) is 14.2. The number of hydrogen-bond acceptors (Lipinski definition) is 2. The van der Waals surface area contributed by atoms with E-state index in [0.717, 1.165) is 11.1 Å². The molecule has 0 aliphatic carbocycles. The summed E-state index contributed by atoms with van der Waals surface area (Å²) < 4.78 is 26.3. The molecular formula is C16H14F2N2. The van der Waals surface area contributed by atoms with Crippen molar-refractivity contribution < 1.29 is 8.78 Å². The lowest BCUT2D eigenvalue weighted by molar-refractivity contribution is 0.563. The Balaban J connectivity index is 2.04. The van der Waals surface area contributed by atoms with Crippen LogP contribution in [-0.4, -0.2) is 0 Å². The second-order valence-electron chi connectivity index (χ2n) is 4.58. The molecule has 0 spiro atoms. The largest absolute Gasteiger partial charge is 0.306 e. The molecule has 2 aromatic rings. The van der Waals surface area contributed by atoms with Gasteiger partial charge in [-0.3, -0.25) is 0 Å². The minimum atomic E-state index is -0.519. The Morgan fingerprint density at radius 1 is 1.20 bits per heavy atom. The zero-order valence-electron chi connectivity index (χ0n) is 11.0. The Labute approximate surface area is 116 Å². The molecule has 0 saturated carbocycles. The van der Waals surface area contributed by atoms with Crippen LogP contribution in [0.5, 0.6) is 0 Å². The standard InChI is InChI=1S/C16H14F2N2/c1-11(13-3-2-4-15(17)8-13)20-10-12-5-6-16(18)14(7-12)9-19/h2-8,11,20H,10H2,1H3/t11-/m0/s1. The third kappa shape index (κ3) is 3.40. The number of rotatable bonds is 4. The van der Waals surface area contributed by atoms with Gasteiger partial charge in [-0.2, -0.15) is 5.26 Å². The van der Waals surface area contributed by atoms with E-state index in [1.807, 2.05) is 19.1 Å². The van der Waals surface area contributed by atoms with Gasteiger partial charge in [-0.15, -0.1) is 0 Å². The fourth-order valence-electron chi connectivity index (χ4n) is 1.93. The van der Waals surface area contributed by atoms with Gasteiger partial charge in [0.15, 0.2) is 0 Å². The normalized spacial score (nSPS) is 11.9. The van der Waals surface area contributed by atoms with E-state index in [1.54, 1.807) is 12.1 Å². The van der Waals surface area contributed by atoms with E-state index in [2.05, 4.69) is 5.32 Å². The summed E-state index contributed by atoms with van der Waals surface area (Å²) >= 11 is 0. The van der Waals surface area contributed by atoms with Gasteiger partial charge in [-0.05, 0) is 42.3 Å². The molecule has 2 aromatic carbocycles. The minimum Gasteiger partial charge on any atom is -0.306 e. The van der Waals surface area contributed by atoms with Crippen LogP contribution in [0.1, 0.15) is 29.7 Å². The van der Waals surface area contributed by atoms with Crippen molar-refractivity contribution in [1.82, 2.24) is 5.32 Å². The zero-order chi connectivity index (χ0) is 14.5. The molecule has 0 aromatic heterocycles. The van der Waals surface area contributed by atoms with E-state index in [9.17, 15) is 8.78 Å². The molecule has 102 valence electrons. The van der Waals surface area contributed by atoms with E-state index in [4.69, 9.17) is 5.26 Å². The minimum absolute atomic E-state index is 0.0303. The first-order valence-electron chi connectivity index (χ1n) is 6.27. The summed E-state index contributed by atoms with van der Waals surface area (Å²) in [6.07, 6.45) is 0. The lowest BCUT2D eigenvalue weighted by Crippen LogP contribution is -2.18. The predicted octanol–water partition coefficient (Wildman–Crippen LogP) is 3.69. The molecule has 1 atom stereocenters. The highest BCUT2D eigenvalue weighted by molar-refractivity contribution is 5.34. The summed E-state index contributed by atoms with van der Waals surface area (Å²) in [5.74, 6) is -0.792. The number of hydrogen-bond donors (Lipinski definition) is 1. The van der Waals surface area contributed by atoms with Crippen molar-refractivity contribution in [2.24, 2.45) is 0 Å².